The molecule has 0 N–H and O–H groups in total. The Labute approximate surface area is 696 Å². The third-order valence-corrected chi connectivity index (χ3v) is 28.1. The number of rotatable bonds is 8. The number of benzene rings is 15. The molecule has 548 valence electrons. The van der Waals surface area contributed by atoms with Crippen LogP contribution in [-0.4, -0.2) is 89.9 Å². The van der Waals surface area contributed by atoms with Crippen molar-refractivity contribution in [3.63, 3.8) is 0 Å². The van der Waals surface area contributed by atoms with Crippen LogP contribution < -0.4 is 90.9 Å². The van der Waals surface area contributed by atoms with Crippen molar-refractivity contribution in [2.24, 2.45) is 0 Å². The molecule has 22 rings (SSSR count). The summed E-state index contributed by atoms with van der Waals surface area (Å²) >= 11 is 1.90. The molecule has 4 aliphatic rings. The Morgan fingerprint density at radius 1 is 0.308 bits per heavy atom. The largest absolute Gasteiger partial charge is 0.458 e. The molecule has 17 heteroatoms. The molecular weight excluding hydrogens is 1430 g/mol. The number of nitrogens with zero attached hydrogens (tertiary/aromatic N) is 4. The molecule has 7 heterocycles. The molecule has 0 aliphatic carbocycles. The Morgan fingerprint density at radius 2 is 0.803 bits per heavy atom. The minimum atomic E-state index is -0.177. The molecule has 18 aromatic rings. The van der Waals surface area contributed by atoms with Crippen molar-refractivity contribution >= 4 is 236 Å². The summed E-state index contributed by atoms with van der Waals surface area (Å²) in [5, 5.41) is 6.43. The van der Waals surface area contributed by atoms with Crippen LogP contribution in [0.2, 0.25) is 0 Å². The number of aromatic nitrogens is 3. The van der Waals surface area contributed by atoms with Crippen LogP contribution in [0.15, 0.2) is 289 Å². The van der Waals surface area contributed by atoms with Gasteiger partial charge in [-0.1, -0.05) is 249 Å². The standard InChI is InChI=1S/C100H80B10N4O2S/c1-99(2,3)60-30-38-75-67(47-60)68-48-61(100(4,5)6)31-39-76(68)112(75)64-34-37-73-83(51-64)117-84-46-58(59-44-81-96-82(45-59)116-80-50-62(32-36-72(80)110(96)71-27-17-19-29-79(71)115-81)111-52-69(55-24-14-9-15-25-55)66-26-16-18-28-74(66)111)43-78-95(84)109(73)70-35-33-63(114-97-85(87(101)89(103)91(105)93(97)107)86-88(102)90(104)92(106)94(108)98(86)114)49-77(70)113(78)65-41-56(53-20-10-7-11-21-53)40-57(42-65)54-22-12-8-13-23-54/h7-52H,101-108H2,1-6H3. The topological polar surface area (TPSA) is 36.5 Å². The molecule has 15 aromatic carbocycles. The van der Waals surface area contributed by atoms with Gasteiger partial charge in [0.1, 0.15) is 85.8 Å². The van der Waals surface area contributed by atoms with Crippen LogP contribution in [0.3, 0.4) is 0 Å². The summed E-state index contributed by atoms with van der Waals surface area (Å²) in [6, 6.07) is 103. The predicted molar refractivity (Wildman–Crippen MR) is 524 cm³/mol. The van der Waals surface area contributed by atoms with Crippen LogP contribution in [0.4, 0.5) is 17.1 Å². The first-order valence-electron chi connectivity index (χ1n) is 41.3. The lowest BCUT2D eigenvalue weighted by Gasteiger charge is -2.41. The van der Waals surface area contributed by atoms with Gasteiger partial charge >= 0.3 is 0 Å². The Balaban J connectivity index is 0.813. The summed E-state index contributed by atoms with van der Waals surface area (Å²) in [7, 11) is 18.7. The van der Waals surface area contributed by atoms with Crippen molar-refractivity contribution in [1.29, 1.82) is 0 Å². The third-order valence-electron chi connectivity index (χ3n) is 26.9. The van der Waals surface area contributed by atoms with Gasteiger partial charge in [0.2, 0.25) is 6.71 Å². The average molecular weight is 1510 g/mol. The lowest BCUT2D eigenvalue weighted by molar-refractivity contribution is 0.465. The minimum absolute atomic E-state index is 0.0397. The molecule has 4 aliphatic heterocycles. The summed E-state index contributed by atoms with van der Waals surface area (Å²) in [6.07, 6.45) is 2.29. The zero-order valence-corrected chi connectivity index (χ0v) is 69.5. The van der Waals surface area contributed by atoms with Gasteiger partial charge in [-0.3, -0.25) is 0 Å². The number of ether oxygens (including phenoxy) is 2. The van der Waals surface area contributed by atoms with Gasteiger partial charge in [0.05, 0.1) is 16.6 Å². The quantitative estimate of drug-likeness (QED) is 0.143. The first-order chi connectivity index (χ1) is 56.6. The molecule has 0 saturated heterocycles. The maximum atomic E-state index is 7.57. The van der Waals surface area contributed by atoms with E-state index in [4.69, 9.17) is 9.47 Å². The smallest absolute Gasteiger partial charge is 0.260 e. The summed E-state index contributed by atoms with van der Waals surface area (Å²) < 4.78 is 22.4. The van der Waals surface area contributed by atoms with Crippen LogP contribution in [0.25, 0.3) is 116 Å². The van der Waals surface area contributed by atoms with E-state index in [0.29, 0.717) is 0 Å². The zero-order chi connectivity index (χ0) is 79.7. The predicted octanol–water partition coefficient (Wildman–Crippen LogP) is 8.65. The van der Waals surface area contributed by atoms with Gasteiger partial charge in [0, 0.05) is 94.4 Å². The van der Waals surface area contributed by atoms with E-state index >= 15 is 0 Å². The SMILES string of the molecule is Bc1c(B)c(B)c2c(c1B)c1c(B)c(B)c(B)c(B)c1n2-c1ccc2c(c1)N(c1cc(-c3ccccc3)cc(-c3ccccc3)c1)c1cc(-c3cc4c5c(c3)Oc3cc(-n6cc(-c7ccccc7)c7ccccc76)ccc3B5c3ccccc3O4)cc3c1B2c1ccc(-n2c4ccc(C(C)(C)C)cc4c4cc(C(C)(C)C)ccc42)cc1S3. The fraction of sp³-hybridized carbons (Fsp3) is 0.0800. The van der Waals surface area contributed by atoms with Crippen LogP contribution in [-0.2, 0) is 10.8 Å². The van der Waals surface area contributed by atoms with Gasteiger partial charge < -0.3 is 28.1 Å². The second kappa shape index (κ2) is 26.2. The van der Waals surface area contributed by atoms with Crippen molar-refractivity contribution in [2.75, 3.05) is 4.90 Å². The average Bonchev–Trinajstić information content (AvgIpc) is 1.63. The number of fused-ring (bicyclic) bond motifs is 15. The van der Waals surface area contributed by atoms with Gasteiger partial charge in [-0.25, -0.2) is 0 Å². The first-order valence-corrected chi connectivity index (χ1v) is 42.1. The Morgan fingerprint density at radius 3 is 1.42 bits per heavy atom. The van der Waals surface area contributed by atoms with E-state index in [0.717, 1.165) is 112 Å². The normalized spacial score (nSPS) is 13.2. The highest BCUT2D eigenvalue weighted by molar-refractivity contribution is 8.00. The molecule has 0 spiro atoms. The first kappa shape index (κ1) is 71.4. The lowest BCUT2D eigenvalue weighted by Crippen LogP contribution is -2.59. The molecule has 6 nitrogen and oxygen atoms in total. The second-order valence-corrected chi connectivity index (χ2v) is 36.5. The second-order valence-electron chi connectivity index (χ2n) is 35.4. The highest BCUT2D eigenvalue weighted by Crippen LogP contribution is 2.50. The van der Waals surface area contributed by atoms with E-state index in [9.17, 15) is 0 Å². The highest BCUT2D eigenvalue weighted by Gasteiger charge is 2.45. The van der Waals surface area contributed by atoms with Crippen molar-refractivity contribution in [3.8, 4) is 84.6 Å². The Hall–Kier alpha value is -12.2. The number of anilines is 3. The van der Waals surface area contributed by atoms with Gasteiger partial charge in [-0.05, 0) is 203 Å². The molecular formula is C100H80B10N4O2S. The summed E-state index contributed by atoms with van der Waals surface area (Å²) in [4.78, 5) is 5.07. The highest BCUT2D eigenvalue weighted by atomic mass is 32.2. The van der Waals surface area contributed by atoms with E-state index in [1.54, 1.807) is 0 Å². The molecule has 0 bridgehead atoms. The third kappa shape index (κ3) is 10.9. The van der Waals surface area contributed by atoms with Gasteiger partial charge in [-0.2, -0.15) is 0 Å². The van der Waals surface area contributed by atoms with Crippen LogP contribution >= 0.6 is 11.8 Å². The molecule has 0 atom stereocenters. The Bertz CT molecular complexity index is 7180. The minimum Gasteiger partial charge on any atom is -0.458 e. The summed E-state index contributed by atoms with van der Waals surface area (Å²) in [5.74, 6) is 3.24. The van der Waals surface area contributed by atoms with Gasteiger partial charge in [-0.15, -0.1) is 10.9 Å². The maximum absolute atomic E-state index is 7.57. The van der Waals surface area contributed by atoms with Gasteiger partial charge in [0.25, 0.3) is 6.71 Å². The van der Waals surface area contributed by atoms with Gasteiger partial charge in [0.15, 0.2) is 0 Å². The molecule has 0 amide bonds. The van der Waals surface area contributed by atoms with E-state index in [1.165, 1.54) is 141 Å². The van der Waals surface area contributed by atoms with Crippen molar-refractivity contribution in [1.82, 2.24) is 13.7 Å². The summed E-state index contributed by atoms with van der Waals surface area (Å²) in [5.41, 5.74) is 41.9. The number of para-hydroxylation sites is 2. The van der Waals surface area contributed by atoms with Crippen LogP contribution in [0.1, 0.15) is 52.7 Å². The molecule has 0 radical (unpaired) electrons. The molecule has 0 unspecified atom stereocenters. The number of hydrogen-bond donors (Lipinski definition) is 0. The fourth-order valence-corrected chi connectivity index (χ4v) is 21.4. The molecule has 117 heavy (non-hydrogen) atoms. The fourth-order valence-electron chi connectivity index (χ4n) is 20.1. The van der Waals surface area contributed by atoms with E-state index < -0.39 is 0 Å². The molecule has 3 aromatic heterocycles. The molecule has 0 saturated carbocycles. The van der Waals surface area contributed by atoms with Crippen LogP contribution in [0.5, 0.6) is 23.0 Å². The Kier molecular flexibility index (Phi) is 16.0. The molecule has 0 fully saturated rings. The van der Waals surface area contributed by atoms with Crippen molar-refractivity contribution < 1.29 is 9.47 Å². The zero-order valence-electron chi connectivity index (χ0n) is 68.7. The van der Waals surface area contributed by atoms with Crippen LogP contribution in [0, 0.1) is 0 Å². The monoisotopic (exact) mass is 1510 g/mol. The number of hydrogen-bond acceptors (Lipinski definition) is 4. The van der Waals surface area contributed by atoms with E-state index in [2.05, 4.69) is 402 Å². The summed E-state index contributed by atoms with van der Waals surface area (Å²) in [6.45, 7) is 13.6. The van der Waals surface area contributed by atoms with E-state index in [-0.39, 0.29) is 24.3 Å². The maximum Gasteiger partial charge on any atom is 0.260 e. The van der Waals surface area contributed by atoms with E-state index in [1.807, 2.05) is 11.8 Å². The van der Waals surface area contributed by atoms with Crippen molar-refractivity contribution in [3.05, 3.63) is 290 Å². The lowest BCUT2D eigenvalue weighted by atomic mass is 9.34. The van der Waals surface area contributed by atoms with Crippen molar-refractivity contribution in [2.45, 2.75) is 62.2 Å².